The Balaban J connectivity index is 1.48. The first-order valence-corrected chi connectivity index (χ1v) is 11.2. The standard InChI is InChI=1S/C28H21NO7/c1-2-14-29-26(32)22-15-20-12-13-21(16-23(20)36-28(22)34)35-27(33)19-10-8-18(9-11-19)25(31)24(30)17-6-4-3-5-7-17/h3-13,15-16H,2,14H2,1H3,(H,29,32). The third kappa shape index (κ3) is 5.28. The van der Waals surface area contributed by atoms with Gasteiger partial charge in [-0.15, -0.1) is 0 Å². The van der Waals surface area contributed by atoms with E-state index in [1.165, 1.54) is 42.5 Å². The van der Waals surface area contributed by atoms with Crippen LogP contribution in [0.1, 0.15) is 54.8 Å². The van der Waals surface area contributed by atoms with Gasteiger partial charge in [0.2, 0.25) is 11.6 Å². The Morgan fingerprint density at radius 3 is 2.11 bits per heavy atom. The number of ketones is 2. The van der Waals surface area contributed by atoms with Crippen molar-refractivity contribution >= 4 is 34.4 Å². The van der Waals surface area contributed by atoms with Crippen molar-refractivity contribution < 1.29 is 28.3 Å². The Bertz CT molecular complexity index is 1520. The number of amides is 1. The lowest BCUT2D eigenvalue weighted by Crippen LogP contribution is -2.28. The van der Waals surface area contributed by atoms with Gasteiger partial charge in [0, 0.05) is 29.1 Å². The topological polar surface area (TPSA) is 120 Å². The Labute approximate surface area is 205 Å². The van der Waals surface area contributed by atoms with Crippen molar-refractivity contribution in [1.29, 1.82) is 0 Å². The number of hydrogen-bond acceptors (Lipinski definition) is 7. The summed E-state index contributed by atoms with van der Waals surface area (Å²) in [5.41, 5.74) is -0.179. The molecule has 0 bridgehead atoms. The number of benzene rings is 3. The van der Waals surface area contributed by atoms with Gasteiger partial charge in [0.15, 0.2) is 0 Å². The van der Waals surface area contributed by atoms with Crippen LogP contribution in [-0.2, 0) is 0 Å². The Morgan fingerprint density at radius 1 is 0.806 bits per heavy atom. The maximum atomic E-state index is 12.6. The normalized spacial score (nSPS) is 10.6. The molecule has 4 rings (SSSR count). The van der Waals surface area contributed by atoms with Crippen LogP contribution in [0.4, 0.5) is 0 Å². The number of Topliss-reactive ketones (excluding diaryl/α,β-unsaturated/α-hetero) is 2. The van der Waals surface area contributed by atoms with Crippen LogP contribution in [0.2, 0.25) is 0 Å². The van der Waals surface area contributed by atoms with Crippen molar-refractivity contribution in [1.82, 2.24) is 5.32 Å². The highest BCUT2D eigenvalue weighted by Crippen LogP contribution is 2.22. The van der Waals surface area contributed by atoms with Gasteiger partial charge in [-0.2, -0.15) is 0 Å². The van der Waals surface area contributed by atoms with E-state index < -0.39 is 29.1 Å². The molecule has 0 radical (unpaired) electrons. The lowest BCUT2D eigenvalue weighted by atomic mass is 10.0. The first-order valence-electron chi connectivity index (χ1n) is 11.2. The van der Waals surface area contributed by atoms with E-state index in [2.05, 4.69) is 5.32 Å². The molecule has 180 valence electrons. The second-order valence-corrected chi connectivity index (χ2v) is 7.89. The number of rotatable bonds is 8. The Morgan fingerprint density at radius 2 is 1.44 bits per heavy atom. The van der Waals surface area contributed by atoms with Gasteiger partial charge < -0.3 is 14.5 Å². The summed E-state index contributed by atoms with van der Waals surface area (Å²) < 4.78 is 10.6. The summed E-state index contributed by atoms with van der Waals surface area (Å²) in [7, 11) is 0. The quantitative estimate of drug-likeness (QED) is 0.131. The second-order valence-electron chi connectivity index (χ2n) is 7.89. The zero-order valence-electron chi connectivity index (χ0n) is 19.3. The third-order valence-corrected chi connectivity index (χ3v) is 5.32. The first kappa shape index (κ1) is 24.3. The minimum Gasteiger partial charge on any atom is -0.423 e. The molecule has 0 aliphatic heterocycles. The third-order valence-electron chi connectivity index (χ3n) is 5.32. The highest BCUT2D eigenvalue weighted by atomic mass is 16.5. The summed E-state index contributed by atoms with van der Waals surface area (Å²) in [4.78, 5) is 61.7. The Kier molecular flexibility index (Phi) is 7.15. The number of ether oxygens (including phenoxy) is 1. The van der Waals surface area contributed by atoms with E-state index >= 15 is 0 Å². The molecule has 8 nitrogen and oxygen atoms in total. The van der Waals surface area contributed by atoms with Crippen molar-refractivity contribution in [2.75, 3.05) is 6.54 Å². The van der Waals surface area contributed by atoms with Crippen LogP contribution in [0, 0.1) is 0 Å². The summed E-state index contributed by atoms with van der Waals surface area (Å²) >= 11 is 0. The maximum Gasteiger partial charge on any atom is 0.349 e. The Hall–Kier alpha value is -4.85. The molecule has 0 saturated heterocycles. The largest absolute Gasteiger partial charge is 0.423 e. The molecular formula is C28H21NO7. The number of carbonyl (C=O) groups is 4. The highest BCUT2D eigenvalue weighted by molar-refractivity contribution is 6.49. The smallest absolute Gasteiger partial charge is 0.349 e. The molecule has 8 heteroatoms. The van der Waals surface area contributed by atoms with E-state index in [0.29, 0.717) is 11.9 Å². The predicted molar refractivity (Wildman–Crippen MR) is 132 cm³/mol. The van der Waals surface area contributed by atoms with Gasteiger partial charge in [-0.3, -0.25) is 14.4 Å². The van der Waals surface area contributed by atoms with Crippen molar-refractivity contribution in [3.05, 3.63) is 112 Å². The minimum absolute atomic E-state index is 0.110. The van der Waals surface area contributed by atoms with E-state index in [-0.39, 0.29) is 33.6 Å². The maximum absolute atomic E-state index is 12.6. The average molecular weight is 483 g/mol. The molecule has 1 N–H and O–H groups in total. The summed E-state index contributed by atoms with van der Waals surface area (Å²) in [6.45, 7) is 2.33. The number of nitrogens with one attached hydrogen (secondary N) is 1. The molecule has 0 fully saturated rings. The molecule has 0 unspecified atom stereocenters. The average Bonchev–Trinajstić information content (AvgIpc) is 2.91. The molecule has 4 aromatic rings. The van der Waals surface area contributed by atoms with E-state index in [0.717, 1.165) is 6.42 Å². The fourth-order valence-corrected chi connectivity index (χ4v) is 3.42. The highest BCUT2D eigenvalue weighted by Gasteiger charge is 2.19. The molecule has 3 aromatic carbocycles. The lowest BCUT2D eigenvalue weighted by molar-refractivity contribution is 0.0734. The molecule has 36 heavy (non-hydrogen) atoms. The molecule has 0 aliphatic rings. The van der Waals surface area contributed by atoms with Crippen molar-refractivity contribution in [2.45, 2.75) is 13.3 Å². The summed E-state index contributed by atoms with van der Waals surface area (Å²) in [6, 6.07) is 19.6. The molecule has 0 aliphatic carbocycles. The fraction of sp³-hybridized carbons (Fsp3) is 0.107. The lowest BCUT2D eigenvalue weighted by Gasteiger charge is -2.07. The summed E-state index contributed by atoms with van der Waals surface area (Å²) in [5, 5.41) is 3.11. The second kappa shape index (κ2) is 10.6. The molecule has 0 spiro atoms. The van der Waals surface area contributed by atoms with Crippen LogP contribution in [0.25, 0.3) is 11.0 Å². The van der Waals surface area contributed by atoms with Crippen LogP contribution < -0.4 is 15.7 Å². The fourth-order valence-electron chi connectivity index (χ4n) is 3.42. The van der Waals surface area contributed by atoms with Gasteiger partial charge in [-0.05, 0) is 36.8 Å². The number of hydrogen-bond donors (Lipinski definition) is 1. The SMILES string of the molecule is CCCNC(=O)c1cc2ccc(OC(=O)c3ccc(C(=O)C(=O)c4ccccc4)cc3)cc2oc1=O. The molecular weight excluding hydrogens is 462 g/mol. The van der Waals surface area contributed by atoms with Gasteiger partial charge in [-0.1, -0.05) is 49.4 Å². The van der Waals surface area contributed by atoms with Gasteiger partial charge in [0.05, 0.1) is 5.56 Å². The van der Waals surface area contributed by atoms with E-state index in [1.807, 2.05) is 6.92 Å². The zero-order chi connectivity index (χ0) is 25.7. The van der Waals surface area contributed by atoms with Gasteiger partial charge in [0.25, 0.3) is 5.91 Å². The van der Waals surface area contributed by atoms with E-state index in [9.17, 15) is 24.0 Å². The first-order chi connectivity index (χ1) is 17.4. The number of fused-ring (bicyclic) bond motifs is 1. The number of carbonyl (C=O) groups excluding carboxylic acids is 4. The molecule has 0 atom stereocenters. The van der Waals surface area contributed by atoms with Gasteiger partial charge in [-0.25, -0.2) is 9.59 Å². The molecule has 1 heterocycles. The monoisotopic (exact) mass is 483 g/mol. The van der Waals surface area contributed by atoms with Crippen LogP contribution in [-0.4, -0.2) is 30.0 Å². The van der Waals surface area contributed by atoms with Crippen LogP contribution >= 0.6 is 0 Å². The van der Waals surface area contributed by atoms with Crippen molar-refractivity contribution in [3.8, 4) is 5.75 Å². The molecule has 1 amide bonds. The number of esters is 1. The molecule has 1 aromatic heterocycles. The predicted octanol–water partition coefficient (Wildman–Crippen LogP) is 4.22. The van der Waals surface area contributed by atoms with Crippen molar-refractivity contribution in [3.63, 3.8) is 0 Å². The van der Waals surface area contributed by atoms with Gasteiger partial charge in [0.1, 0.15) is 16.9 Å². The van der Waals surface area contributed by atoms with Gasteiger partial charge >= 0.3 is 11.6 Å². The van der Waals surface area contributed by atoms with Crippen LogP contribution in [0.15, 0.2) is 88.1 Å². The van der Waals surface area contributed by atoms with Crippen molar-refractivity contribution in [2.24, 2.45) is 0 Å². The van der Waals surface area contributed by atoms with Crippen LogP contribution in [0.3, 0.4) is 0 Å². The summed E-state index contributed by atoms with van der Waals surface area (Å²) in [5.74, 6) is -2.43. The zero-order valence-corrected chi connectivity index (χ0v) is 19.3. The van der Waals surface area contributed by atoms with E-state index in [1.54, 1.807) is 36.4 Å². The minimum atomic E-state index is -0.801. The van der Waals surface area contributed by atoms with E-state index in [4.69, 9.17) is 9.15 Å². The summed E-state index contributed by atoms with van der Waals surface area (Å²) in [6.07, 6.45) is 0.726. The van der Waals surface area contributed by atoms with Crippen LogP contribution in [0.5, 0.6) is 5.75 Å². The molecule has 0 saturated carbocycles.